The van der Waals surface area contributed by atoms with Crippen molar-refractivity contribution < 1.29 is 24.2 Å². The smallest absolute Gasteiger partial charge is 0.314 e. The Morgan fingerprint density at radius 1 is 1.04 bits per heavy atom. The first-order chi connectivity index (χ1) is 11.1. The van der Waals surface area contributed by atoms with Gasteiger partial charge in [-0.1, -0.05) is 12.1 Å². The molecule has 1 heterocycles. The lowest BCUT2D eigenvalue weighted by Gasteiger charge is -2.14. The Balaban J connectivity index is 1.70. The van der Waals surface area contributed by atoms with E-state index < -0.39 is 6.03 Å². The average Bonchev–Trinajstić information content (AvgIpc) is 2.80. The van der Waals surface area contributed by atoms with E-state index in [4.69, 9.17) is 9.84 Å². The van der Waals surface area contributed by atoms with Gasteiger partial charge in [-0.25, -0.2) is 4.79 Å². The van der Waals surface area contributed by atoms with Crippen LogP contribution in [0.25, 0.3) is 0 Å². The number of ether oxygens (including phenoxy) is 1. The summed E-state index contributed by atoms with van der Waals surface area (Å²) < 4.78 is 4.99. The number of amides is 4. The van der Waals surface area contributed by atoms with Crippen molar-refractivity contribution in [1.82, 2.24) is 15.5 Å². The van der Waals surface area contributed by atoms with Crippen LogP contribution < -0.4 is 10.6 Å². The van der Waals surface area contributed by atoms with E-state index in [2.05, 4.69) is 10.6 Å². The Morgan fingerprint density at radius 2 is 1.65 bits per heavy atom. The van der Waals surface area contributed by atoms with E-state index in [1.807, 2.05) is 0 Å². The molecule has 3 N–H and O–H groups in total. The highest BCUT2D eigenvalue weighted by Gasteiger charge is 2.34. The molecule has 0 aliphatic carbocycles. The molecule has 124 valence electrons. The van der Waals surface area contributed by atoms with Gasteiger partial charge >= 0.3 is 6.03 Å². The van der Waals surface area contributed by atoms with E-state index in [-0.39, 0.29) is 38.1 Å². The van der Waals surface area contributed by atoms with Gasteiger partial charge in [0.15, 0.2) is 0 Å². The van der Waals surface area contributed by atoms with Crippen molar-refractivity contribution in [3.05, 3.63) is 35.4 Å². The lowest BCUT2D eigenvalue weighted by molar-refractivity contribution is 0.0655. The number of imide groups is 1. The zero-order valence-corrected chi connectivity index (χ0v) is 12.6. The van der Waals surface area contributed by atoms with Crippen LogP contribution in [-0.2, 0) is 4.74 Å². The third-order valence-electron chi connectivity index (χ3n) is 3.27. The van der Waals surface area contributed by atoms with Crippen LogP contribution in [0.1, 0.15) is 20.7 Å². The number of hydrogen-bond donors (Lipinski definition) is 3. The molecule has 23 heavy (non-hydrogen) atoms. The molecule has 1 aliphatic rings. The van der Waals surface area contributed by atoms with Crippen LogP contribution in [0.3, 0.4) is 0 Å². The molecule has 8 nitrogen and oxygen atoms in total. The van der Waals surface area contributed by atoms with E-state index in [0.717, 1.165) is 4.90 Å². The Morgan fingerprint density at radius 3 is 2.26 bits per heavy atom. The first-order valence-corrected chi connectivity index (χ1v) is 7.30. The molecule has 0 spiro atoms. The monoisotopic (exact) mass is 321 g/mol. The minimum atomic E-state index is -0.408. The number of nitrogens with one attached hydrogen (secondary N) is 2. The number of benzene rings is 1. The van der Waals surface area contributed by atoms with E-state index >= 15 is 0 Å². The van der Waals surface area contributed by atoms with Gasteiger partial charge in [0.05, 0.1) is 30.9 Å². The van der Waals surface area contributed by atoms with Crippen LogP contribution in [0.15, 0.2) is 24.3 Å². The summed E-state index contributed by atoms with van der Waals surface area (Å²) in [6.07, 6.45) is 0. The summed E-state index contributed by atoms with van der Waals surface area (Å²) >= 11 is 0. The number of rotatable bonds is 8. The number of urea groups is 1. The zero-order chi connectivity index (χ0) is 16.7. The van der Waals surface area contributed by atoms with E-state index in [0.29, 0.717) is 24.3 Å². The molecule has 1 aromatic rings. The van der Waals surface area contributed by atoms with Gasteiger partial charge in [0, 0.05) is 19.6 Å². The SMILES string of the molecule is O=C(NCCOCCO)NCCN1C(=O)c2ccccc2C1=O. The molecule has 0 bridgehead atoms. The summed E-state index contributed by atoms with van der Waals surface area (Å²) in [7, 11) is 0. The summed E-state index contributed by atoms with van der Waals surface area (Å²) in [4.78, 5) is 36.8. The van der Waals surface area contributed by atoms with Crippen molar-refractivity contribution in [3.63, 3.8) is 0 Å². The first kappa shape index (κ1) is 16.9. The lowest BCUT2D eigenvalue weighted by Crippen LogP contribution is -2.42. The van der Waals surface area contributed by atoms with E-state index in [1.165, 1.54) is 0 Å². The number of nitrogens with zero attached hydrogens (tertiary/aromatic N) is 1. The van der Waals surface area contributed by atoms with Crippen molar-refractivity contribution >= 4 is 17.8 Å². The van der Waals surface area contributed by atoms with Crippen molar-refractivity contribution in [1.29, 1.82) is 0 Å². The first-order valence-electron chi connectivity index (χ1n) is 7.30. The molecule has 0 saturated carbocycles. The molecule has 8 heteroatoms. The van der Waals surface area contributed by atoms with Crippen molar-refractivity contribution in [3.8, 4) is 0 Å². The predicted octanol–water partition coefficient (Wildman–Crippen LogP) is -0.409. The second kappa shape index (κ2) is 8.25. The number of carbonyl (C=O) groups is 3. The van der Waals surface area contributed by atoms with Crippen LogP contribution in [0.2, 0.25) is 0 Å². The summed E-state index contributed by atoms with van der Waals surface area (Å²) in [5.41, 5.74) is 0.783. The second-order valence-corrected chi connectivity index (χ2v) is 4.83. The highest BCUT2D eigenvalue weighted by Crippen LogP contribution is 2.21. The molecular formula is C15H19N3O5. The average molecular weight is 321 g/mol. The fraction of sp³-hybridized carbons (Fsp3) is 0.400. The topological polar surface area (TPSA) is 108 Å². The molecule has 1 aliphatic heterocycles. The van der Waals surface area contributed by atoms with Gasteiger partial charge in [-0.15, -0.1) is 0 Å². The van der Waals surface area contributed by atoms with Gasteiger partial charge in [-0.3, -0.25) is 14.5 Å². The van der Waals surface area contributed by atoms with Gasteiger partial charge in [-0.2, -0.15) is 0 Å². The minimum Gasteiger partial charge on any atom is -0.394 e. The molecule has 0 aromatic heterocycles. The van der Waals surface area contributed by atoms with Crippen LogP contribution in [0, 0.1) is 0 Å². The Bertz CT molecular complexity index is 555. The van der Waals surface area contributed by atoms with Crippen LogP contribution in [0.5, 0.6) is 0 Å². The number of hydrogen-bond acceptors (Lipinski definition) is 5. The summed E-state index contributed by atoms with van der Waals surface area (Å²) in [6.45, 7) is 1.04. The molecule has 4 amide bonds. The van der Waals surface area contributed by atoms with Crippen molar-refractivity contribution in [2.24, 2.45) is 0 Å². The zero-order valence-electron chi connectivity index (χ0n) is 12.6. The van der Waals surface area contributed by atoms with Crippen LogP contribution in [0.4, 0.5) is 4.79 Å². The van der Waals surface area contributed by atoms with Gasteiger partial charge in [0.2, 0.25) is 0 Å². The maximum absolute atomic E-state index is 12.1. The van der Waals surface area contributed by atoms with Crippen molar-refractivity contribution in [2.45, 2.75) is 0 Å². The number of carbonyl (C=O) groups excluding carboxylic acids is 3. The summed E-state index contributed by atoms with van der Waals surface area (Å²) in [5, 5.41) is 13.6. The third kappa shape index (κ3) is 4.27. The maximum atomic E-state index is 12.1. The van der Waals surface area contributed by atoms with Crippen LogP contribution in [-0.4, -0.2) is 67.3 Å². The summed E-state index contributed by atoms with van der Waals surface area (Å²) in [6, 6.07) is 6.23. The normalized spacial score (nSPS) is 13.2. The largest absolute Gasteiger partial charge is 0.394 e. The van der Waals surface area contributed by atoms with Gasteiger partial charge in [0.1, 0.15) is 0 Å². The predicted molar refractivity (Wildman–Crippen MR) is 81.1 cm³/mol. The molecule has 1 aromatic carbocycles. The Hall–Kier alpha value is -2.45. The van der Waals surface area contributed by atoms with E-state index in [9.17, 15) is 14.4 Å². The minimum absolute atomic E-state index is 0.0630. The fourth-order valence-electron chi connectivity index (χ4n) is 2.19. The molecule has 2 rings (SSSR count). The lowest BCUT2D eigenvalue weighted by atomic mass is 10.1. The van der Waals surface area contributed by atoms with Gasteiger partial charge in [0.25, 0.3) is 11.8 Å². The van der Waals surface area contributed by atoms with Gasteiger partial charge in [-0.05, 0) is 12.1 Å². The maximum Gasteiger partial charge on any atom is 0.314 e. The number of aliphatic hydroxyl groups is 1. The molecule has 0 radical (unpaired) electrons. The second-order valence-electron chi connectivity index (χ2n) is 4.83. The standard InChI is InChI=1S/C15H19N3O5/c19-8-10-23-9-6-17-15(22)16-5-7-18-13(20)11-3-1-2-4-12(11)14(18)21/h1-4,19H,5-10H2,(H2,16,17,22). The Kier molecular flexibility index (Phi) is 6.07. The molecule has 0 unspecified atom stereocenters. The molecular weight excluding hydrogens is 302 g/mol. The van der Waals surface area contributed by atoms with Crippen LogP contribution >= 0.6 is 0 Å². The fourth-order valence-corrected chi connectivity index (χ4v) is 2.19. The summed E-state index contributed by atoms with van der Waals surface area (Å²) in [5.74, 6) is -0.685. The van der Waals surface area contributed by atoms with E-state index in [1.54, 1.807) is 24.3 Å². The Labute approximate surface area is 133 Å². The molecule has 0 fully saturated rings. The third-order valence-corrected chi connectivity index (χ3v) is 3.27. The molecule has 0 saturated heterocycles. The number of aliphatic hydroxyl groups excluding tert-OH is 1. The number of fused-ring (bicyclic) bond motifs is 1. The van der Waals surface area contributed by atoms with Crippen molar-refractivity contribution in [2.75, 3.05) is 39.5 Å². The highest BCUT2D eigenvalue weighted by atomic mass is 16.5. The highest BCUT2D eigenvalue weighted by molar-refractivity contribution is 6.21. The molecule has 0 atom stereocenters. The van der Waals surface area contributed by atoms with Gasteiger partial charge < -0.3 is 20.5 Å². The quantitative estimate of drug-likeness (QED) is 0.446.